The van der Waals surface area contributed by atoms with Crippen LogP contribution in [0.25, 0.3) is 5.57 Å². The normalized spacial score (nSPS) is 24.3. The fourth-order valence-electron chi connectivity index (χ4n) is 3.77. The molecule has 5 heteroatoms. The van der Waals surface area contributed by atoms with E-state index in [1.807, 2.05) is 0 Å². The number of rotatable bonds is 2. The van der Waals surface area contributed by atoms with Gasteiger partial charge in [-0.1, -0.05) is 24.9 Å². The second-order valence-corrected chi connectivity index (χ2v) is 7.10. The van der Waals surface area contributed by atoms with Crippen LogP contribution in [0.5, 0.6) is 0 Å². The summed E-state index contributed by atoms with van der Waals surface area (Å²) in [5.41, 5.74) is 8.17. The van der Waals surface area contributed by atoms with Crippen molar-refractivity contribution in [2.75, 3.05) is 5.73 Å². The highest BCUT2D eigenvalue weighted by molar-refractivity contribution is 9.12. The first kappa shape index (κ1) is 15.0. The van der Waals surface area contributed by atoms with Gasteiger partial charge < -0.3 is 5.73 Å². The van der Waals surface area contributed by atoms with E-state index in [1.54, 1.807) is 0 Å². The minimum absolute atomic E-state index is 0.00348. The predicted octanol–water partition coefficient (Wildman–Crippen LogP) is 4.87. The fraction of sp³-hybridized carbons (Fsp3) is 0.438. The van der Waals surface area contributed by atoms with Gasteiger partial charge in [-0.2, -0.15) is 0 Å². The number of carbonyl (C=O) groups is 1. The molecule has 0 heterocycles. The molecule has 1 unspecified atom stereocenters. The van der Waals surface area contributed by atoms with Crippen LogP contribution in [0, 0.1) is 11.2 Å². The number of Topliss-reactive ketones (excluding diaryl/α,β-unsaturated/α-hetero) is 1. The van der Waals surface area contributed by atoms with E-state index in [2.05, 4.69) is 22.9 Å². The number of halogens is 3. The predicted molar refractivity (Wildman–Crippen MR) is 87.0 cm³/mol. The van der Waals surface area contributed by atoms with Crippen LogP contribution in [0.2, 0.25) is 5.02 Å². The number of nitrogen functional groups attached to an aromatic ring is 1. The van der Waals surface area contributed by atoms with Crippen LogP contribution in [-0.4, -0.2) is 5.78 Å². The Morgan fingerprint density at radius 2 is 2.24 bits per heavy atom. The zero-order valence-electron chi connectivity index (χ0n) is 11.7. The van der Waals surface area contributed by atoms with Crippen LogP contribution in [0.1, 0.15) is 43.7 Å². The minimum atomic E-state index is -0.517. The number of hydrogen-bond donors (Lipinski definition) is 1. The lowest BCUT2D eigenvalue weighted by Gasteiger charge is -2.35. The minimum Gasteiger partial charge on any atom is -0.395 e. The van der Waals surface area contributed by atoms with Crippen LogP contribution in [-0.2, 0) is 11.2 Å². The molecule has 2 nitrogen and oxygen atoms in total. The molecule has 2 aliphatic carbocycles. The molecule has 0 saturated heterocycles. The summed E-state index contributed by atoms with van der Waals surface area (Å²) in [5, 5.41) is 0.301. The molecule has 0 bridgehead atoms. The van der Waals surface area contributed by atoms with Crippen molar-refractivity contribution in [2.24, 2.45) is 5.41 Å². The molecule has 0 saturated carbocycles. The zero-order chi connectivity index (χ0) is 15.4. The van der Waals surface area contributed by atoms with Crippen LogP contribution in [0.3, 0.4) is 0 Å². The second-order valence-electron chi connectivity index (χ2n) is 5.93. The molecule has 112 valence electrons. The van der Waals surface area contributed by atoms with Crippen molar-refractivity contribution in [1.82, 2.24) is 0 Å². The Morgan fingerprint density at radius 1 is 1.52 bits per heavy atom. The average molecular weight is 373 g/mol. The topological polar surface area (TPSA) is 43.1 Å². The molecule has 1 atom stereocenters. The standard InChI is InChI=1S/C16H16BrClFNO/c1-2-4-16-5-3-11(21)13(17)12(16)8-6-10(19)15(20)14(18)9(8)7-16/h6H,2-5,7,20H2,1H3. The average Bonchev–Trinajstić information content (AvgIpc) is 2.77. The van der Waals surface area contributed by atoms with E-state index in [4.69, 9.17) is 17.3 Å². The maximum absolute atomic E-state index is 14.0. The molecule has 0 amide bonds. The Morgan fingerprint density at radius 3 is 2.90 bits per heavy atom. The number of carbonyl (C=O) groups excluding carboxylic acids is 1. The molecule has 1 aromatic carbocycles. The molecular formula is C16H16BrClFNO. The van der Waals surface area contributed by atoms with E-state index in [0.717, 1.165) is 42.4 Å². The molecule has 0 aliphatic heterocycles. The Labute approximate surface area is 136 Å². The molecule has 0 radical (unpaired) electrons. The smallest absolute Gasteiger partial charge is 0.170 e. The van der Waals surface area contributed by atoms with E-state index in [9.17, 15) is 9.18 Å². The zero-order valence-corrected chi connectivity index (χ0v) is 14.1. The second kappa shape index (κ2) is 5.10. The SMILES string of the molecule is CCCC12CCC(=O)C(Br)=C1c1cc(F)c(N)c(Cl)c1C2. The van der Waals surface area contributed by atoms with Gasteiger partial charge in [0.1, 0.15) is 5.82 Å². The third kappa shape index (κ3) is 2.07. The van der Waals surface area contributed by atoms with Crippen molar-refractivity contribution in [1.29, 1.82) is 0 Å². The summed E-state index contributed by atoms with van der Waals surface area (Å²) in [4.78, 5) is 12.1. The van der Waals surface area contributed by atoms with Gasteiger partial charge in [0.15, 0.2) is 5.78 Å². The molecule has 3 rings (SSSR count). The Bertz CT molecular complexity index is 685. The summed E-state index contributed by atoms with van der Waals surface area (Å²) in [7, 11) is 0. The van der Waals surface area contributed by atoms with E-state index >= 15 is 0 Å². The number of anilines is 1. The molecule has 2 aliphatic rings. The number of ketones is 1. The molecule has 0 aromatic heterocycles. The summed E-state index contributed by atoms with van der Waals surface area (Å²) in [6.07, 6.45) is 4.00. The van der Waals surface area contributed by atoms with E-state index in [1.165, 1.54) is 6.07 Å². The Kier molecular flexibility index (Phi) is 3.65. The van der Waals surface area contributed by atoms with Crippen molar-refractivity contribution in [3.05, 3.63) is 32.5 Å². The van der Waals surface area contributed by atoms with Crippen molar-refractivity contribution in [3.8, 4) is 0 Å². The van der Waals surface area contributed by atoms with Gasteiger partial charge >= 0.3 is 0 Å². The largest absolute Gasteiger partial charge is 0.395 e. The van der Waals surface area contributed by atoms with Gasteiger partial charge in [-0.25, -0.2) is 4.39 Å². The third-order valence-electron chi connectivity index (χ3n) is 4.69. The van der Waals surface area contributed by atoms with Gasteiger partial charge in [0.2, 0.25) is 0 Å². The van der Waals surface area contributed by atoms with Crippen molar-refractivity contribution >= 4 is 44.6 Å². The summed E-state index contributed by atoms with van der Waals surface area (Å²) in [5.74, 6) is -0.435. The van der Waals surface area contributed by atoms with Gasteiger partial charge in [-0.3, -0.25) is 4.79 Å². The number of nitrogens with two attached hydrogens (primary N) is 1. The van der Waals surface area contributed by atoms with Crippen LogP contribution in [0.4, 0.5) is 10.1 Å². The maximum Gasteiger partial charge on any atom is 0.170 e. The summed E-state index contributed by atoms with van der Waals surface area (Å²) in [6, 6.07) is 1.43. The van der Waals surface area contributed by atoms with E-state index in [-0.39, 0.29) is 16.9 Å². The lowest BCUT2D eigenvalue weighted by atomic mass is 9.70. The molecule has 1 aromatic rings. The molecule has 0 fully saturated rings. The summed E-state index contributed by atoms with van der Waals surface area (Å²) >= 11 is 9.70. The molecule has 21 heavy (non-hydrogen) atoms. The van der Waals surface area contributed by atoms with Crippen LogP contribution >= 0.6 is 27.5 Å². The van der Waals surface area contributed by atoms with Gasteiger partial charge in [0.25, 0.3) is 0 Å². The monoisotopic (exact) mass is 371 g/mol. The number of fused-ring (bicyclic) bond motifs is 3. The van der Waals surface area contributed by atoms with Crippen LogP contribution in [0.15, 0.2) is 10.5 Å². The Balaban J connectivity index is 2.30. The Hall–Kier alpha value is -0.870. The van der Waals surface area contributed by atoms with Crippen molar-refractivity contribution in [2.45, 2.75) is 39.0 Å². The summed E-state index contributed by atoms with van der Waals surface area (Å²) in [6.45, 7) is 2.12. The van der Waals surface area contributed by atoms with Gasteiger partial charge in [-0.05, 0) is 58.0 Å². The maximum atomic E-state index is 14.0. The van der Waals surface area contributed by atoms with E-state index in [0.29, 0.717) is 15.9 Å². The molecular weight excluding hydrogens is 357 g/mol. The quantitative estimate of drug-likeness (QED) is 0.752. The first-order valence-corrected chi connectivity index (χ1v) is 8.28. The number of benzene rings is 1. The van der Waals surface area contributed by atoms with Crippen LogP contribution < -0.4 is 5.73 Å². The highest BCUT2D eigenvalue weighted by Crippen LogP contribution is 2.59. The highest BCUT2D eigenvalue weighted by Gasteiger charge is 2.47. The molecule has 2 N–H and O–H groups in total. The summed E-state index contributed by atoms with van der Waals surface area (Å²) < 4.78 is 14.6. The van der Waals surface area contributed by atoms with Crippen molar-refractivity contribution in [3.63, 3.8) is 0 Å². The fourth-order valence-corrected chi connectivity index (χ4v) is 4.86. The lowest BCUT2D eigenvalue weighted by Crippen LogP contribution is -2.27. The highest BCUT2D eigenvalue weighted by atomic mass is 79.9. The first-order valence-electron chi connectivity index (χ1n) is 7.11. The van der Waals surface area contributed by atoms with Gasteiger partial charge in [0, 0.05) is 11.8 Å². The van der Waals surface area contributed by atoms with E-state index < -0.39 is 5.82 Å². The first-order chi connectivity index (χ1) is 9.91. The third-order valence-corrected chi connectivity index (χ3v) is 5.96. The van der Waals surface area contributed by atoms with Gasteiger partial charge in [-0.15, -0.1) is 0 Å². The van der Waals surface area contributed by atoms with Crippen molar-refractivity contribution < 1.29 is 9.18 Å². The number of allylic oxidation sites excluding steroid dienone is 2. The number of hydrogen-bond acceptors (Lipinski definition) is 2. The molecule has 0 spiro atoms. The van der Waals surface area contributed by atoms with Gasteiger partial charge in [0.05, 0.1) is 15.2 Å². The lowest BCUT2D eigenvalue weighted by molar-refractivity contribution is -0.115.